The van der Waals surface area contributed by atoms with Crippen LogP contribution in [0.25, 0.3) is 16.1 Å². The van der Waals surface area contributed by atoms with Gasteiger partial charge in [0, 0.05) is 17.2 Å². The van der Waals surface area contributed by atoms with Crippen LogP contribution < -0.4 is 5.56 Å². The second kappa shape index (κ2) is 14.6. The third kappa shape index (κ3) is 7.03. The van der Waals surface area contributed by atoms with Crippen molar-refractivity contribution in [3.8, 4) is 10.6 Å². The molecule has 0 bridgehead atoms. The van der Waals surface area contributed by atoms with E-state index in [1.807, 2.05) is 19.2 Å². The molecule has 4 heteroatoms. The summed E-state index contributed by atoms with van der Waals surface area (Å²) in [5.41, 5.74) is 7.45. The summed E-state index contributed by atoms with van der Waals surface area (Å²) in [5, 5.41) is 2.84. The number of H-pyrrole nitrogens is 1. The van der Waals surface area contributed by atoms with Gasteiger partial charge in [-0.1, -0.05) is 83.9 Å². The van der Waals surface area contributed by atoms with Gasteiger partial charge in [-0.25, -0.2) is 4.98 Å². The predicted molar refractivity (Wildman–Crippen MR) is 143 cm³/mol. The topological polar surface area (TPSA) is 45.8 Å². The summed E-state index contributed by atoms with van der Waals surface area (Å²) in [6.07, 6.45) is 14.9. The number of nitrogens with one attached hydrogen (secondary N) is 1. The highest BCUT2D eigenvalue weighted by Crippen LogP contribution is 2.33. The number of rotatable bonds is 9. The summed E-state index contributed by atoms with van der Waals surface area (Å²) in [6.45, 7) is 18.7. The minimum absolute atomic E-state index is 0.0635. The molecular weight excluding hydrogens is 412 g/mol. The van der Waals surface area contributed by atoms with Crippen LogP contribution in [0.15, 0.2) is 58.4 Å². The number of aryl methyl sites for hydroxylation is 1. The SMILES string of the molecule is C=C\C=C/C(=C(\C)CCC)C(=C\C)/c1csc(-c2c(CC)c(CC)c[nH]c2=O)n1.CCC. The number of aromatic nitrogens is 2. The lowest BCUT2D eigenvalue weighted by Gasteiger charge is -2.11. The van der Waals surface area contributed by atoms with Gasteiger partial charge in [0.15, 0.2) is 0 Å². The standard InChI is InChI=1S/C25H32N2OS.C3H8/c1-7-12-14-21(17(6)13-8-2)20(11-5)22-16-29-25(27-22)23-19(10-4)18(9-3)15-26-24(23)28;1-3-2/h7,11-12,14-16H,1,8-10,13H2,2-6H3,(H,26,28);3H2,1-2H3/b14-12-,20-11+,21-17-;. The second-order valence-electron chi connectivity index (χ2n) is 7.69. The molecule has 2 heterocycles. The lowest BCUT2D eigenvalue weighted by Crippen LogP contribution is -2.13. The summed E-state index contributed by atoms with van der Waals surface area (Å²) < 4.78 is 0. The molecule has 0 fully saturated rings. The van der Waals surface area contributed by atoms with Crippen molar-refractivity contribution >= 4 is 16.9 Å². The molecule has 2 aromatic rings. The van der Waals surface area contributed by atoms with Gasteiger partial charge >= 0.3 is 0 Å². The Morgan fingerprint density at radius 1 is 1.19 bits per heavy atom. The molecule has 0 aliphatic heterocycles. The first-order valence-corrected chi connectivity index (χ1v) is 12.7. The van der Waals surface area contributed by atoms with Crippen molar-refractivity contribution in [1.82, 2.24) is 9.97 Å². The van der Waals surface area contributed by atoms with E-state index in [4.69, 9.17) is 4.98 Å². The van der Waals surface area contributed by atoms with Crippen LogP contribution in [0.2, 0.25) is 0 Å². The van der Waals surface area contributed by atoms with Gasteiger partial charge in [0.2, 0.25) is 0 Å². The highest BCUT2D eigenvalue weighted by atomic mass is 32.1. The summed E-state index contributed by atoms with van der Waals surface area (Å²) in [7, 11) is 0. The average molecular weight is 453 g/mol. The molecule has 0 saturated heterocycles. The molecule has 0 unspecified atom stereocenters. The van der Waals surface area contributed by atoms with Crippen LogP contribution in [-0.4, -0.2) is 9.97 Å². The molecule has 2 rings (SSSR count). The molecule has 0 amide bonds. The van der Waals surface area contributed by atoms with E-state index in [1.54, 1.807) is 6.08 Å². The first-order valence-electron chi connectivity index (χ1n) is 11.8. The molecule has 0 saturated carbocycles. The van der Waals surface area contributed by atoms with Crippen molar-refractivity contribution in [1.29, 1.82) is 0 Å². The number of aromatic amines is 1. The molecular formula is C28H40N2OS. The Balaban J connectivity index is 0.00000161. The Morgan fingerprint density at radius 3 is 2.41 bits per heavy atom. The molecule has 0 aliphatic rings. The van der Waals surface area contributed by atoms with Crippen molar-refractivity contribution in [3.05, 3.63) is 80.8 Å². The molecule has 2 aromatic heterocycles. The number of thiazole rings is 1. The molecule has 1 N–H and O–H groups in total. The quantitative estimate of drug-likeness (QED) is 0.389. The maximum absolute atomic E-state index is 12.6. The van der Waals surface area contributed by atoms with E-state index >= 15 is 0 Å². The van der Waals surface area contributed by atoms with Crippen molar-refractivity contribution in [2.45, 2.75) is 80.6 Å². The van der Waals surface area contributed by atoms with Gasteiger partial charge in [-0.3, -0.25) is 4.79 Å². The van der Waals surface area contributed by atoms with Gasteiger partial charge < -0.3 is 4.98 Å². The number of pyridine rings is 1. The first kappa shape index (κ1) is 27.6. The van der Waals surface area contributed by atoms with Gasteiger partial charge in [0.05, 0.1) is 11.3 Å². The zero-order valence-electron chi connectivity index (χ0n) is 21.0. The van der Waals surface area contributed by atoms with Crippen LogP contribution >= 0.6 is 11.3 Å². The van der Waals surface area contributed by atoms with Crippen LogP contribution in [-0.2, 0) is 12.8 Å². The van der Waals surface area contributed by atoms with Gasteiger partial charge in [0.25, 0.3) is 5.56 Å². The minimum atomic E-state index is -0.0635. The highest BCUT2D eigenvalue weighted by Gasteiger charge is 2.18. The Morgan fingerprint density at radius 2 is 1.88 bits per heavy atom. The summed E-state index contributed by atoms with van der Waals surface area (Å²) in [5.74, 6) is 0. The molecule has 0 aromatic carbocycles. The van der Waals surface area contributed by atoms with Crippen LogP contribution in [0.5, 0.6) is 0 Å². The van der Waals surface area contributed by atoms with Gasteiger partial charge in [0.1, 0.15) is 5.01 Å². The number of allylic oxidation sites excluding steroid dienone is 7. The zero-order chi connectivity index (χ0) is 24.1. The normalized spacial score (nSPS) is 12.4. The van der Waals surface area contributed by atoms with E-state index in [0.717, 1.165) is 53.1 Å². The lowest BCUT2D eigenvalue weighted by molar-refractivity contribution is 0.900. The molecule has 0 radical (unpaired) electrons. The number of hydrogen-bond donors (Lipinski definition) is 1. The predicted octanol–water partition coefficient (Wildman–Crippen LogP) is 8.30. The summed E-state index contributed by atoms with van der Waals surface area (Å²) in [4.78, 5) is 20.4. The Kier molecular flexibility index (Phi) is 12.6. The molecule has 3 nitrogen and oxygen atoms in total. The molecule has 32 heavy (non-hydrogen) atoms. The average Bonchev–Trinajstić information content (AvgIpc) is 3.26. The van der Waals surface area contributed by atoms with Gasteiger partial charge in [-0.05, 0) is 49.8 Å². The zero-order valence-corrected chi connectivity index (χ0v) is 21.8. The van der Waals surface area contributed by atoms with E-state index in [0.29, 0.717) is 0 Å². The fourth-order valence-electron chi connectivity index (χ4n) is 3.64. The summed E-state index contributed by atoms with van der Waals surface area (Å²) in [6, 6.07) is 0. The van der Waals surface area contributed by atoms with Crippen molar-refractivity contribution in [2.24, 2.45) is 0 Å². The number of nitrogens with zero attached hydrogens (tertiary/aromatic N) is 1. The van der Waals surface area contributed by atoms with E-state index in [1.165, 1.54) is 34.5 Å². The Hall–Kier alpha value is -2.46. The van der Waals surface area contributed by atoms with Crippen LogP contribution in [0, 0.1) is 0 Å². The third-order valence-electron chi connectivity index (χ3n) is 5.09. The van der Waals surface area contributed by atoms with Crippen molar-refractivity contribution in [2.75, 3.05) is 0 Å². The van der Waals surface area contributed by atoms with Crippen molar-refractivity contribution in [3.63, 3.8) is 0 Å². The van der Waals surface area contributed by atoms with E-state index in [9.17, 15) is 4.79 Å². The first-order chi connectivity index (χ1) is 15.4. The van der Waals surface area contributed by atoms with Gasteiger partial charge in [-0.2, -0.15) is 0 Å². The molecule has 0 spiro atoms. The monoisotopic (exact) mass is 452 g/mol. The van der Waals surface area contributed by atoms with E-state index in [2.05, 4.69) is 70.6 Å². The lowest BCUT2D eigenvalue weighted by atomic mass is 9.95. The maximum Gasteiger partial charge on any atom is 0.258 e. The smallest absolute Gasteiger partial charge is 0.258 e. The van der Waals surface area contributed by atoms with Crippen LogP contribution in [0.1, 0.15) is 84.5 Å². The molecule has 0 atom stereocenters. The van der Waals surface area contributed by atoms with E-state index in [-0.39, 0.29) is 5.56 Å². The fraction of sp³-hybridized carbons (Fsp3) is 0.429. The largest absolute Gasteiger partial charge is 0.328 e. The minimum Gasteiger partial charge on any atom is -0.328 e. The van der Waals surface area contributed by atoms with Gasteiger partial charge in [-0.15, -0.1) is 11.3 Å². The third-order valence-corrected chi connectivity index (χ3v) is 5.94. The molecule has 0 aliphatic carbocycles. The van der Waals surface area contributed by atoms with E-state index < -0.39 is 0 Å². The van der Waals surface area contributed by atoms with Crippen molar-refractivity contribution < 1.29 is 0 Å². The van der Waals surface area contributed by atoms with Crippen LogP contribution in [0.3, 0.4) is 0 Å². The fourth-order valence-corrected chi connectivity index (χ4v) is 4.53. The Bertz CT molecular complexity index is 1020. The highest BCUT2D eigenvalue weighted by molar-refractivity contribution is 7.13. The molecule has 174 valence electrons. The Labute approximate surface area is 198 Å². The maximum atomic E-state index is 12.6. The number of hydrogen-bond acceptors (Lipinski definition) is 3. The van der Waals surface area contributed by atoms with Crippen LogP contribution in [0.4, 0.5) is 0 Å². The summed E-state index contributed by atoms with van der Waals surface area (Å²) >= 11 is 1.54. The second-order valence-corrected chi connectivity index (χ2v) is 8.55.